The van der Waals surface area contributed by atoms with Gasteiger partial charge >= 0.3 is 12.1 Å². The fourth-order valence-corrected chi connectivity index (χ4v) is 1.83. The minimum absolute atomic E-state index is 0.0797. The van der Waals surface area contributed by atoms with E-state index >= 15 is 0 Å². The van der Waals surface area contributed by atoms with Crippen LogP contribution >= 0.6 is 0 Å². The first-order valence-corrected chi connectivity index (χ1v) is 5.90. The third-order valence-electron chi connectivity index (χ3n) is 2.81. The quantitative estimate of drug-likeness (QED) is 0.216. The second kappa shape index (κ2) is 5.59. The number of anilines is 2. The molecule has 0 aliphatic carbocycles. The summed E-state index contributed by atoms with van der Waals surface area (Å²) in [7, 11) is 0. The molecule has 1 aromatic heterocycles. The highest BCUT2D eigenvalue weighted by atomic mass is 16.5. The van der Waals surface area contributed by atoms with Crippen molar-refractivity contribution >= 4 is 23.6 Å². The maximum atomic E-state index is 11.4. The highest BCUT2D eigenvalue weighted by Crippen LogP contribution is 2.36. The van der Waals surface area contributed by atoms with Crippen LogP contribution in [0.15, 0.2) is 30.3 Å². The summed E-state index contributed by atoms with van der Waals surface area (Å²) in [5.41, 5.74) is 10.6. The van der Waals surface area contributed by atoms with E-state index in [0.717, 1.165) is 0 Å². The molecule has 0 saturated heterocycles. The van der Waals surface area contributed by atoms with Gasteiger partial charge in [0.1, 0.15) is 11.4 Å². The zero-order valence-electron chi connectivity index (χ0n) is 11.2. The summed E-state index contributed by atoms with van der Waals surface area (Å²) in [6.45, 7) is 0. The van der Waals surface area contributed by atoms with Gasteiger partial charge in [0.05, 0.1) is 0 Å². The van der Waals surface area contributed by atoms with Crippen LogP contribution in [-0.4, -0.2) is 27.2 Å². The van der Waals surface area contributed by atoms with E-state index in [0.29, 0.717) is 15.6 Å². The van der Waals surface area contributed by atoms with Crippen LogP contribution in [0.2, 0.25) is 0 Å². The Morgan fingerprint density at radius 2 is 1.59 bits per heavy atom. The molecule has 9 N–H and O–H groups in total. The molecule has 22 heavy (non-hydrogen) atoms. The second-order valence-electron chi connectivity index (χ2n) is 4.19. The monoisotopic (exact) mass is 306 g/mol. The Morgan fingerprint density at radius 1 is 1.05 bits per heavy atom. The normalized spacial score (nSPS) is 10.3. The van der Waals surface area contributed by atoms with Crippen molar-refractivity contribution in [2.75, 3.05) is 10.0 Å². The largest absolute Gasteiger partial charge is 0.410 e. The highest BCUT2D eigenvalue weighted by molar-refractivity contribution is 6.02. The summed E-state index contributed by atoms with van der Waals surface area (Å²) in [6, 6.07) is 6.31. The van der Waals surface area contributed by atoms with Gasteiger partial charge in [0, 0.05) is 5.56 Å². The fraction of sp³-hybridized carbons (Fsp3) is 0. The number of carbonyl (C=O) groups excluding carboxylic acids is 2. The molecule has 4 amide bonds. The number of hydrogen-bond donors (Lipinski definition) is 5. The van der Waals surface area contributed by atoms with Gasteiger partial charge < -0.3 is 16.7 Å². The van der Waals surface area contributed by atoms with E-state index in [2.05, 4.69) is 5.10 Å². The second-order valence-corrected chi connectivity index (χ2v) is 4.19. The molecule has 2 rings (SSSR count). The standard InChI is InChI=1S/C11H14N8O3/c12-10(20)17(14)8-7(6-4-2-1-3-5-6)16-19(22)9(8)18(15)11(13)21/h1-5,22H,14-15H2,(H2,12,20)(H2,13,21). The van der Waals surface area contributed by atoms with Crippen molar-refractivity contribution in [1.82, 2.24) is 9.94 Å². The molecule has 0 aliphatic rings. The summed E-state index contributed by atoms with van der Waals surface area (Å²) < 4.78 is 0. The van der Waals surface area contributed by atoms with E-state index in [9.17, 15) is 14.8 Å². The van der Waals surface area contributed by atoms with Crippen LogP contribution in [0.5, 0.6) is 0 Å². The van der Waals surface area contributed by atoms with E-state index in [1.54, 1.807) is 30.3 Å². The molecular formula is C11H14N8O3. The number of urea groups is 2. The average Bonchev–Trinajstić information content (AvgIpc) is 2.83. The topological polar surface area (TPSA) is 183 Å². The van der Waals surface area contributed by atoms with Gasteiger partial charge in [0.25, 0.3) is 0 Å². The summed E-state index contributed by atoms with van der Waals surface area (Å²) in [5, 5.41) is 14.6. The Hall–Kier alpha value is -3.31. The van der Waals surface area contributed by atoms with Crippen molar-refractivity contribution in [3.63, 3.8) is 0 Å². The number of primary amides is 2. The fourth-order valence-electron chi connectivity index (χ4n) is 1.83. The number of benzene rings is 1. The number of aromatic nitrogens is 2. The molecule has 2 aromatic rings. The van der Waals surface area contributed by atoms with Crippen molar-refractivity contribution in [2.45, 2.75) is 0 Å². The first kappa shape index (κ1) is 15.1. The molecule has 0 bridgehead atoms. The molecule has 1 aromatic carbocycles. The number of rotatable bonds is 3. The van der Waals surface area contributed by atoms with Crippen LogP contribution in [0.4, 0.5) is 21.1 Å². The van der Waals surface area contributed by atoms with E-state index in [4.69, 9.17) is 23.2 Å². The van der Waals surface area contributed by atoms with Gasteiger partial charge in [-0.1, -0.05) is 35.2 Å². The first-order valence-electron chi connectivity index (χ1n) is 5.90. The van der Waals surface area contributed by atoms with Gasteiger partial charge in [-0.3, -0.25) is 0 Å². The highest BCUT2D eigenvalue weighted by Gasteiger charge is 2.30. The number of amides is 4. The van der Waals surface area contributed by atoms with Crippen LogP contribution in [-0.2, 0) is 0 Å². The SMILES string of the molecule is NC(=O)N(N)c1c(-c2ccccc2)nn(O)c1N(N)C(N)=O. The predicted molar refractivity (Wildman–Crippen MR) is 77.3 cm³/mol. The molecule has 0 unspecified atom stereocenters. The molecule has 116 valence electrons. The average molecular weight is 306 g/mol. The third-order valence-corrected chi connectivity index (χ3v) is 2.81. The number of nitrogens with two attached hydrogens (primary N) is 4. The predicted octanol–water partition coefficient (Wildman–Crippen LogP) is -0.695. The summed E-state index contributed by atoms with van der Waals surface area (Å²) >= 11 is 0. The van der Waals surface area contributed by atoms with E-state index in [-0.39, 0.29) is 16.2 Å². The zero-order valence-corrected chi connectivity index (χ0v) is 11.2. The van der Waals surface area contributed by atoms with Crippen LogP contribution < -0.4 is 33.2 Å². The lowest BCUT2D eigenvalue weighted by Gasteiger charge is -2.19. The van der Waals surface area contributed by atoms with Gasteiger partial charge in [0.2, 0.25) is 5.82 Å². The molecule has 11 heteroatoms. The first-order chi connectivity index (χ1) is 10.3. The number of hydrogen-bond acceptors (Lipinski definition) is 6. The number of carbonyl (C=O) groups is 2. The molecule has 0 aliphatic heterocycles. The van der Waals surface area contributed by atoms with Gasteiger partial charge in [-0.2, -0.15) is 0 Å². The van der Waals surface area contributed by atoms with Crippen LogP contribution in [0.3, 0.4) is 0 Å². The van der Waals surface area contributed by atoms with Crippen molar-refractivity contribution in [2.24, 2.45) is 23.2 Å². The maximum Gasteiger partial charge on any atom is 0.335 e. The van der Waals surface area contributed by atoms with Gasteiger partial charge in [-0.25, -0.2) is 31.3 Å². The summed E-state index contributed by atoms with van der Waals surface area (Å²) in [5.74, 6) is 10.7. The molecular weight excluding hydrogens is 292 g/mol. The van der Waals surface area contributed by atoms with Gasteiger partial charge in [-0.15, -0.1) is 5.10 Å². The lowest BCUT2D eigenvalue weighted by molar-refractivity contribution is 0.152. The Balaban J connectivity index is 2.72. The summed E-state index contributed by atoms with van der Waals surface area (Å²) in [4.78, 5) is 22.9. The molecule has 11 nitrogen and oxygen atoms in total. The lowest BCUT2D eigenvalue weighted by Crippen LogP contribution is -2.46. The maximum absolute atomic E-state index is 11.4. The molecule has 0 atom stereocenters. The molecule has 1 heterocycles. The van der Waals surface area contributed by atoms with Crippen molar-refractivity contribution in [3.05, 3.63) is 30.3 Å². The van der Waals surface area contributed by atoms with Crippen LogP contribution in [0.1, 0.15) is 0 Å². The lowest BCUT2D eigenvalue weighted by atomic mass is 10.1. The Kier molecular flexibility index (Phi) is 3.83. The van der Waals surface area contributed by atoms with Crippen molar-refractivity contribution < 1.29 is 14.8 Å². The van der Waals surface area contributed by atoms with E-state index in [1.165, 1.54) is 0 Å². The minimum atomic E-state index is -1.10. The Bertz CT molecular complexity index is 714. The third kappa shape index (κ3) is 2.48. The van der Waals surface area contributed by atoms with E-state index < -0.39 is 17.9 Å². The van der Waals surface area contributed by atoms with Crippen molar-refractivity contribution in [3.8, 4) is 11.3 Å². The smallest absolute Gasteiger partial charge is 0.335 e. The van der Waals surface area contributed by atoms with Crippen molar-refractivity contribution in [1.29, 1.82) is 0 Å². The van der Waals surface area contributed by atoms with Crippen LogP contribution in [0.25, 0.3) is 11.3 Å². The van der Waals surface area contributed by atoms with Gasteiger partial charge in [0.15, 0.2) is 0 Å². The summed E-state index contributed by atoms with van der Waals surface area (Å²) in [6.07, 6.45) is 0. The van der Waals surface area contributed by atoms with Crippen LogP contribution in [0, 0.1) is 0 Å². The van der Waals surface area contributed by atoms with E-state index in [1.807, 2.05) is 0 Å². The zero-order chi connectivity index (χ0) is 16.4. The minimum Gasteiger partial charge on any atom is -0.410 e. The number of hydrazine groups is 2. The van der Waals surface area contributed by atoms with Gasteiger partial charge in [-0.05, 0) is 0 Å². The molecule has 0 saturated carbocycles. The molecule has 0 radical (unpaired) electrons. The molecule has 0 spiro atoms. The Labute approximate surface area is 124 Å². The Morgan fingerprint density at radius 3 is 2.09 bits per heavy atom. The molecule has 0 fully saturated rings. The number of nitrogens with zero attached hydrogens (tertiary/aromatic N) is 4.